The van der Waals surface area contributed by atoms with Gasteiger partial charge in [-0.05, 0) is 37.5 Å². The van der Waals surface area contributed by atoms with Crippen LogP contribution in [0.25, 0.3) is 0 Å². The van der Waals surface area contributed by atoms with Gasteiger partial charge in [0.2, 0.25) is 0 Å². The van der Waals surface area contributed by atoms with Crippen LogP contribution in [0.2, 0.25) is 0 Å². The first kappa shape index (κ1) is 9.23. The molecular formula is C12H21N. The Morgan fingerprint density at radius 1 is 1.31 bits per heavy atom. The number of rotatable bonds is 3. The highest BCUT2D eigenvalue weighted by Gasteiger charge is 2.37. The second-order valence-corrected chi connectivity index (χ2v) is 4.58. The molecule has 0 saturated heterocycles. The van der Waals surface area contributed by atoms with Crippen LogP contribution >= 0.6 is 0 Å². The van der Waals surface area contributed by atoms with Crippen LogP contribution in [0, 0.1) is 17.8 Å². The smallest absolute Gasteiger partial charge is 0.0423 e. The van der Waals surface area contributed by atoms with E-state index in [2.05, 4.69) is 13.8 Å². The Hall–Kier alpha value is -0.330. The van der Waals surface area contributed by atoms with Crippen molar-refractivity contribution < 1.29 is 0 Å². The minimum Gasteiger partial charge on any atom is -0.293 e. The van der Waals surface area contributed by atoms with Gasteiger partial charge in [-0.15, -0.1) is 0 Å². The van der Waals surface area contributed by atoms with Crippen molar-refractivity contribution in [1.82, 2.24) is 0 Å². The van der Waals surface area contributed by atoms with Gasteiger partial charge < -0.3 is 0 Å². The van der Waals surface area contributed by atoms with Crippen LogP contribution in [-0.4, -0.2) is 12.3 Å². The Morgan fingerprint density at radius 2 is 2.08 bits per heavy atom. The molecule has 2 rings (SSSR count). The third-order valence-electron chi connectivity index (χ3n) is 3.95. The zero-order valence-corrected chi connectivity index (χ0v) is 8.92. The zero-order valence-electron chi connectivity index (χ0n) is 8.92. The summed E-state index contributed by atoms with van der Waals surface area (Å²) in [5, 5.41) is 0. The average Bonchev–Trinajstić information content (AvgIpc) is 2.70. The van der Waals surface area contributed by atoms with Crippen LogP contribution < -0.4 is 0 Å². The summed E-state index contributed by atoms with van der Waals surface area (Å²) in [6, 6.07) is 0. The SMILES string of the molecule is CCC(CC)C1=NCC2CCCC12. The maximum atomic E-state index is 4.78. The summed E-state index contributed by atoms with van der Waals surface area (Å²) >= 11 is 0. The molecule has 0 bridgehead atoms. The zero-order chi connectivity index (χ0) is 9.26. The van der Waals surface area contributed by atoms with E-state index in [0.717, 1.165) is 24.3 Å². The predicted molar refractivity (Wildman–Crippen MR) is 57.2 cm³/mol. The second kappa shape index (κ2) is 3.81. The lowest BCUT2D eigenvalue weighted by Crippen LogP contribution is -2.21. The highest BCUT2D eigenvalue weighted by atomic mass is 14.8. The minimum atomic E-state index is 0.799. The van der Waals surface area contributed by atoms with Gasteiger partial charge in [-0.25, -0.2) is 0 Å². The third-order valence-corrected chi connectivity index (χ3v) is 3.95. The van der Waals surface area contributed by atoms with Crippen molar-refractivity contribution in [2.24, 2.45) is 22.7 Å². The molecule has 2 aliphatic rings. The minimum absolute atomic E-state index is 0.799. The Morgan fingerprint density at radius 3 is 2.77 bits per heavy atom. The van der Waals surface area contributed by atoms with Crippen molar-refractivity contribution in [3.8, 4) is 0 Å². The molecule has 0 aromatic heterocycles. The fourth-order valence-corrected chi connectivity index (χ4v) is 3.12. The van der Waals surface area contributed by atoms with Crippen molar-refractivity contribution in [2.75, 3.05) is 6.54 Å². The van der Waals surface area contributed by atoms with Crippen molar-refractivity contribution in [1.29, 1.82) is 0 Å². The number of nitrogens with zero attached hydrogens (tertiary/aromatic N) is 1. The van der Waals surface area contributed by atoms with Gasteiger partial charge in [0.25, 0.3) is 0 Å². The van der Waals surface area contributed by atoms with E-state index in [1.165, 1.54) is 32.1 Å². The van der Waals surface area contributed by atoms with E-state index >= 15 is 0 Å². The molecule has 13 heavy (non-hydrogen) atoms. The molecule has 1 aliphatic carbocycles. The van der Waals surface area contributed by atoms with Crippen molar-refractivity contribution in [2.45, 2.75) is 46.0 Å². The molecule has 0 radical (unpaired) electrons. The first-order valence-electron chi connectivity index (χ1n) is 5.91. The fourth-order valence-electron chi connectivity index (χ4n) is 3.12. The molecule has 0 aromatic carbocycles. The monoisotopic (exact) mass is 179 g/mol. The summed E-state index contributed by atoms with van der Waals surface area (Å²) < 4.78 is 0. The average molecular weight is 179 g/mol. The third kappa shape index (κ3) is 1.53. The Labute approximate surface area is 81.6 Å². The lowest BCUT2D eigenvalue weighted by Gasteiger charge is -2.19. The lowest BCUT2D eigenvalue weighted by molar-refractivity contribution is 0.510. The van der Waals surface area contributed by atoms with Crippen LogP contribution in [0.1, 0.15) is 46.0 Å². The molecule has 1 fully saturated rings. The highest BCUT2D eigenvalue weighted by molar-refractivity contribution is 5.91. The molecular weight excluding hydrogens is 158 g/mol. The molecule has 74 valence electrons. The van der Waals surface area contributed by atoms with Crippen LogP contribution in [0.15, 0.2) is 4.99 Å². The summed E-state index contributed by atoms with van der Waals surface area (Å²) in [5.41, 5.74) is 1.59. The molecule has 1 aliphatic heterocycles. The van der Waals surface area contributed by atoms with Crippen LogP contribution in [0.3, 0.4) is 0 Å². The Bertz CT molecular complexity index is 203. The van der Waals surface area contributed by atoms with Gasteiger partial charge >= 0.3 is 0 Å². The first-order chi connectivity index (χ1) is 6.36. The fraction of sp³-hybridized carbons (Fsp3) is 0.917. The topological polar surface area (TPSA) is 12.4 Å². The number of hydrogen-bond donors (Lipinski definition) is 0. The van der Waals surface area contributed by atoms with E-state index in [4.69, 9.17) is 4.99 Å². The molecule has 2 unspecified atom stereocenters. The van der Waals surface area contributed by atoms with Crippen molar-refractivity contribution in [3.05, 3.63) is 0 Å². The maximum absolute atomic E-state index is 4.78. The standard InChI is InChI=1S/C12H21N/c1-3-9(4-2)12-11-7-5-6-10(11)8-13-12/h9-11H,3-8H2,1-2H3. The molecule has 1 heterocycles. The number of hydrogen-bond acceptors (Lipinski definition) is 1. The van der Waals surface area contributed by atoms with E-state index in [0.29, 0.717) is 0 Å². The molecule has 0 amide bonds. The molecule has 2 atom stereocenters. The second-order valence-electron chi connectivity index (χ2n) is 4.58. The molecule has 1 nitrogen and oxygen atoms in total. The van der Waals surface area contributed by atoms with E-state index in [1.807, 2.05) is 0 Å². The summed E-state index contributed by atoms with van der Waals surface area (Å²) in [6.45, 7) is 5.76. The van der Waals surface area contributed by atoms with Crippen LogP contribution in [-0.2, 0) is 0 Å². The Kier molecular flexibility index (Phi) is 2.71. The summed E-state index contributed by atoms with van der Waals surface area (Å²) in [7, 11) is 0. The summed E-state index contributed by atoms with van der Waals surface area (Å²) in [5.74, 6) is 2.63. The summed E-state index contributed by atoms with van der Waals surface area (Å²) in [4.78, 5) is 4.78. The van der Waals surface area contributed by atoms with E-state index in [1.54, 1.807) is 5.71 Å². The van der Waals surface area contributed by atoms with Gasteiger partial charge in [0.05, 0.1) is 0 Å². The Balaban J connectivity index is 2.06. The molecule has 0 spiro atoms. The van der Waals surface area contributed by atoms with Crippen LogP contribution in [0.5, 0.6) is 0 Å². The number of aliphatic imine (C=N–C) groups is 1. The molecule has 0 N–H and O–H groups in total. The van der Waals surface area contributed by atoms with Crippen LogP contribution in [0.4, 0.5) is 0 Å². The van der Waals surface area contributed by atoms with Gasteiger partial charge in [-0.3, -0.25) is 4.99 Å². The molecule has 1 heteroatoms. The largest absolute Gasteiger partial charge is 0.293 e. The van der Waals surface area contributed by atoms with Gasteiger partial charge in [0.15, 0.2) is 0 Å². The van der Waals surface area contributed by atoms with Crippen molar-refractivity contribution >= 4 is 5.71 Å². The highest BCUT2D eigenvalue weighted by Crippen LogP contribution is 2.39. The van der Waals surface area contributed by atoms with Gasteiger partial charge in [0.1, 0.15) is 0 Å². The maximum Gasteiger partial charge on any atom is 0.0423 e. The van der Waals surface area contributed by atoms with Gasteiger partial charge in [-0.1, -0.05) is 20.3 Å². The first-order valence-corrected chi connectivity index (χ1v) is 5.91. The van der Waals surface area contributed by atoms with Crippen molar-refractivity contribution in [3.63, 3.8) is 0 Å². The molecule has 1 saturated carbocycles. The normalized spacial score (nSPS) is 32.4. The van der Waals surface area contributed by atoms with E-state index in [-0.39, 0.29) is 0 Å². The van der Waals surface area contributed by atoms with Gasteiger partial charge in [0, 0.05) is 18.2 Å². The predicted octanol–water partition coefficient (Wildman–Crippen LogP) is 3.29. The summed E-state index contributed by atoms with van der Waals surface area (Å²) in [6.07, 6.45) is 6.91. The lowest BCUT2D eigenvalue weighted by atomic mass is 9.85. The van der Waals surface area contributed by atoms with Gasteiger partial charge in [-0.2, -0.15) is 0 Å². The number of fused-ring (bicyclic) bond motifs is 1. The molecule has 0 aromatic rings. The van der Waals surface area contributed by atoms with E-state index < -0.39 is 0 Å². The quantitative estimate of drug-likeness (QED) is 0.630. The van der Waals surface area contributed by atoms with E-state index in [9.17, 15) is 0 Å².